The number of rotatable bonds is 4. The molecular formula is C20H18FeO. The summed E-state index contributed by atoms with van der Waals surface area (Å²) in [5, 5.41) is 0. The van der Waals surface area contributed by atoms with Gasteiger partial charge in [0.15, 0.2) is 0 Å². The first-order valence-electron chi connectivity index (χ1n) is 8.99. The second-order valence-electron chi connectivity index (χ2n) is 12.1. The van der Waals surface area contributed by atoms with Crippen LogP contribution >= 0.6 is 0 Å². The molecule has 0 N–H and O–H groups in total. The number of allylic oxidation sites excluding steroid dienone is 2. The quantitative estimate of drug-likeness (QED) is 0.426. The monoisotopic (exact) mass is 330 g/mol. The van der Waals surface area contributed by atoms with Crippen molar-refractivity contribution in [2.24, 2.45) is 0 Å². The van der Waals surface area contributed by atoms with Gasteiger partial charge >= 0.3 is 119 Å². The second kappa shape index (κ2) is 0.889. The van der Waals surface area contributed by atoms with Gasteiger partial charge in [0, 0.05) is 0 Å². The molecule has 0 saturated carbocycles. The number of carbonyl (C=O) groups excluding carboxylic acids is 1. The standard InChI is InChI=1S/C15H13O.C5H5.Fe/c16-12-15(14-8-4-5-9-14)11-10-13-6-2-1-3-7-13;1-2-4-5-3-1;/h1-9,11-12H,10H2;1-5H;. The molecule has 0 bridgehead atoms. The fraction of sp³-hybridized carbons (Fsp3) is 0.550. The fourth-order valence-electron chi connectivity index (χ4n) is 18.1. The number of aldehydes is 1. The molecule has 1 aromatic carbocycles. The molecule has 10 heterocycles. The average molecular weight is 330 g/mol. The van der Waals surface area contributed by atoms with Gasteiger partial charge < -0.3 is 0 Å². The van der Waals surface area contributed by atoms with Crippen molar-refractivity contribution in [1.29, 1.82) is 0 Å². The van der Waals surface area contributed by atoms with E-state index in [1.807, 2.05) is 0 Å². The summed E-state index contributed by atoms with van der Waals surface area (Å²) in [6, 6.07) is 10.7. The number of benzene rings is 1. The van der Waals surface area contributed by atoms with Crippen molar-refractivity contribution >= 4 is 6.29 Å². The van der Waals surface area contributed by atoms with E-state index in [1.165, 1.54) is 60.8 Å². The van der Waals surface area contributed by atoms with E-state index in [0.29, 0.717) is 4.31 Å². The summed E-state index contributed by atoms with van der Waals surface area (Å²) in [5.41, 5.74) is 2.72. The van der Waals surface area contributed by atoms with E-state index in [9.17, 15) is 4.79 Å². The molecule has 11 rings (SSSR count). The fourth-order valence-corrected chi connectivity index (χ4v) is 92.4. The Morgan fingerprint density at radius 3 is 1.95 bits per heavy atom. The van der Waals surface area contributed by atoms with Gasteiger partial charge in [-0.05, 0) is 0 Å². The van der Waals surface area contributed by atoms with Crippen LogP contribution in [0.4, 0.5) is 0 Å². The van der Waals surface area contributed by atoms with Gasteiger partial charge in [-0.1, -0.05) is 0 Å². The van der Waals surface area contributed by atoms with Crippen LogP contribution in [0.5, 0.6) is 0 Å². The van der Waals surface area contributed by atoms with Crippen LogP contribution in [0.2, 0.25) is 47.7 Å². The SMILES string of the molecule is O=CC(=CCc1ccccc1)[C]12[CH]3[CH]4[CH]5[CH]1[Fe]45321678[CH]2[CH]1[CH]6[CH]7[CH]28. The van der Waals surface area contributed by atoms with Gasteiger partial charge in [-0.3, -0.25) is 0 Å². The second-order valence-corrected chi connectivity index (χ2v) is 35.7. The normalized spacial score (nSPS) is 95.3. The van der Waals surface area contributed by atoms with Crippen LogP contribution in [0.15, 0.2) is 42.0 Å². The Kier molecular flexibility index (Phi) is 0.358. The number of carbonyl (C=O) groups is 1. The molecule has 1 spiro atoms. The van der Waals surface area contributed by atoms with Crippen LogP contribution in [0.3, 0.4) is 0 Å². The maximum absolute atomic E-state index is 12.1. The van der Waals surface area contributed by atoms with Gasteiger partial charge in [0.2, 0.25) is 0 Å². The van der Waals surface area contributed by atoms with Gasteiger partial charge in [-0.2, -0.15) is 0 Å². The Balaban J connectivity index is 1.24. The van der Waals surface area contributed by atoms with Gasteiger partial charge in [-0.25, -0.2) is 0 Å². The number of hydrogen-bond donors (Lipinski definition) is 0. The van der Waals surface area contributed by atoms with Crippen molar-refractivity contribution in [2.45, 2.75) is 54.1 Å². The molecule has 1 nitrogen and oxygen atoms in total. The van der Waals surface area contributed by atoms with E-state index < -0.39 is 6.51 Å². The zero-order valence-corrected chi connectivity index (χ0v) is 13.3. The van der Waals surface area contributed by atoms with E-state index in [4.69, 9.17) is 0 Å². The minimum absolute atomic E-state index is 0.635. The maximum atomic E-state index is 12.1. The van der Waals surface area contributed by atoms with Crippen molar-refractivity contribution in [2.75, 3.05) is 0 Å². The zero-order chi connectivity index (χ0) is 13.8. The van der Waals surface area contributed by atoms with E-state index in [-0.39, 0.29) is 0 Å². The van der Waals surface area contributed by atoms with Crippen molar-refractivity contribution in [3.8, 4) is 0 Å². The van der Waals surface area contributed by atoms with Gasteiger partial charge in [0.25, 0.3) is 0 Å². The summed E-state index contributed by atoms with van der Waals surface area (Å²) < 4.78 is 0.635. The molecule has 10 saturated heterocycles. The Morgan fingerprint density at radius 2 is 1.55 bits per heavy atom. The average Bonchev–Trinajstić information content (AvgIpc) is 3.49. The van der Waals surface area contributed by atoms with Gasteiger partial charge in [-0.15, -0.1) is 0 Å². The first-order valence-corrected chi connectivity index (χ1v) is 15.3. The predicted octanol–water partition coefficient (Wildman–Crippen LogP) is 5.11. The summed E-state index contributed by atoms with van der Waals surface area (Å²) >= 11 is 0. The van der Waals surface area contributed by atoms with Crippen LogP contribution in [0, 0.1) is 0 Å². The Bertz CT molecular complexity index is 1210. The van der Waals surface area contributed by atoms with Gasteiger partial charge in [0.1, 0.15) is 0 Å². The topological polar surface area (TPSA) is 17.1 Å². The van der Waals surface area contributed by atoms with E-state index >= 15 is 0 Å². The third-order valence-electron chi connectivity index (χ3n) is 16.6. The Hall–Kier alpha value is -0.851. The van der Waals surface area contributed by atoms with Crippen LogP contribution < -0.4 is 0 Å². The third-order valence-corrected chi connectivity index (χ3v) is 59.0. The molecule has 0 amide bonds. The first kappa shape index (κ1) is 8.85. The van der Waals surface area contributed by atoms with Crippen LogP contribution in [0.25, 0.3) is 0 Å². The molecule has 1 aromatic rings. The summed E-state index contributed by atoms with van der Waals surface area (Å²) in [6.07, 6.45) is 4.71. The predicted molar refractivity (Wildman–Crippen MR) is 80.7 cm³/mol. The van der Waals surface area contributed by atoms with E-state index in [0.717, 1.165) is 6.42 Å². The molecule has 10 fully saturated rings. The van der Waals surface area contributed by atoms with E-state index in [2.05, 4.69) is 36.4 Å². The third kappa shape index (κ3) is 0.116. The van der Waals surface area contributed by atoms with Crippen molar-refractivity contribution < 1.29 is 11.3 Å². The molecule has 112 valence electrons. The number of fused-ring (bicyclic) bond motifs is 10. The van der Waals surface area contributed by atoms with Crippen molar-refractivity contribution in [3.63, 3.8) is 0 Å². The Morgan fingerprint density at radius 1 is 0.955 bits per heavy atom. The molecule has 0 aromatic heterocycles. The summed E-state index contributed by atoms with van der Waals surface area (Å²) in [5.74, 6) is 0. The molecule has 0 radical (unpaired) electrons. The molecule has 22 heavy (non-hydrogen) atoms. The molecule has 4 atom stereocenters. The molecule has 4 unspecified atom stereocenters. The molecule has 0 aliphatic carbocycles. The number of hydrogen-bond acceptors (Lipinski definition) is 1. The van der Waals surface area contributed by atoms with Crippen LogP contribution in [-0.4, -0.2) is 6.29 Å². The van der Waals surface area contributed by atoms with Crippen LogP contribution in [0.1, 0.15) is 5.56 Å². The molecule has 10 aliphatic heterocycles. The Labute approximate surface area is 119 Å². The zero-order valence-electron chi connectivity index (χ0n) is 12.2. The first-order chi connectivity index (χ1) is 10.6. The van der Waals surface area contributed by atoms with Crippen molar-refractivity contribution in [3.05, 3.63) is 47.5 Å². The molecule has 10 aliphatic rings. The van der Waals surface area contributed by atoms with Gasteiger partial charge in [0.05, 0.1) is 0 Å². The van der Waals surface area contributed by atoms with Crippen LogP contribution in [-0.2, 0) is 17.7 Å². The molecular weight excluding hydrogens is 312 g/mol. The summed E-state index contributed by atoms with van der Waals surface area (Å²) in [6.45, 7) is -3.12. The summed E-state index contributed by atoms with van der Waals surface area (Å²) in [4.78, 5) is 23.7. The van der Waals surface area contributed by atoms with E-state index in [1.54, 1.807) is 0 Å². The molecule has 2 heteroatoms. The minimum atomic E-state index is -3.12. The summed E-state index contributed by atoms with van der Waals surface area (Å²) in [7, 11) is 0. The van der Waals surface area contributed by atoms with Crippen molar-refractivity contribution in [1.82, 2.24) is 0 Å².